The molecule has 1 heterocycles. The first kappa shape index (κ1) is 11.4. The molecule has 0 fully saturated rings. The lowest BCUT2D eigenvalue weighted by molar-refractivity contribution is 0.302. The van der Waals surface area contributed by atoms with Crippen LogP contribution in [0.4, 0.5) is 5.13 Å². The Morgan fingerprint density at radius 2 is 2.29 bits per heavy atom. The minimum Gasteiger partial charge on any atom is -0.486 e. The number of hydrogen-bond acceptors (Lipinski definition) is 6. The molecule has 0 saturated heterocycles. The summed E-state index contributed by atoms with van der Waals surface area (Å²) in [6.45, 7) is 2.23. The van der Waals surface area contributed by atoms with Crippen LogP contribution in [0.1, 0.15) is 16.1 Å². The summed E-state index contributed by atoms with van der Waals surface area (Å²) in [5, 5.41) is 17.5. The van der Waals surface area contributed by atoms with Gasteiger partial charge in [-0.1, -0.05) is 17.4 Å². The van der Waals surface area contributed by atoms with Crippen molar-refractivity contribution < 1.29 is 4.74 Å². The van der Waals surface area contributed by atoms with Crippen LogP contribution in [0.2, 0.25) is 0 Å². The molecule has 0 bridgehead atoms. The number of nitrogens with two attached hydrogens (primary N) is 1. The maximum atomic E-state index is 8.80. The van der Waals surface area contributed by atoms with Crippen molar-refractivity contribution in [3.8, 4) is 11.8 Å². The summed E-state index contributed by atoms with van der Waals surface area (Å²) in [4.78, 5) is 0. The smallest absolute Gasteiger partial charge is 0.203 e. The largest absolute Gasteiger partial charge is 0.486 e. The molecule has 17 heavy (non-hydrogen) atoms. The Kier molecular flexibility index (Phi) is 3.21. The molecule has 1 aromatic carbocycles. The van der Waals surface area contributed by atoms with Gasteiger partial charge in [0.05, 0.1) is 11.6 Å². The van der Waals surface area contributed by atoms with E-state index in [-0.39, 0.29) is 0 Å². The van der Waals surface area contributed by atoms with Crippen LogP contribution in [0.3, 0.4) is 0 Å². The average molecular weight is 246 g/mol. The van der Waals surface area contributed by atoms with Crippen LogP contribution in [0.15, 0.2) is 18.2 Å². The number of nitrogens with zero attached hydrogens (tertiary/aromatic N) is 3. The van der Waals surface area contributed by atoms with E-state index in [0.29, 0.717) is 28.1 Å². The molecule has 2 aromatic rings. The van der Waals surface area contributed by atoms with E-state index in [9.17, 15) is 0 Å². The van der Waals surface area contributed by atoms with Crippen molar-refractivity contribution in [1.82, 2.24) is 10.2 Å². The van der Waals surface area contributed by atoms with Crippen LogP contribution >= 0.6 is 11.3 Å². The zero-order valence-corrected chi connectivity index (χ0v) is 9.99. The average Bonchev–Trinajstić information content (AvgIpc) is 2.74. The van der Waals surface area contributed by atoms with Gasteiger partial charge in [-0.2, -0.15) is 5.26 Å². The Balaban J connectivity index is 2.11. The highest BCUT2D eigenvalue weighted by atomic mass is 32.1. The van der Waals surface area contributed by atoms with Gasteiger partial charge >= 0.3 is 0 Å². The van der Waals surface area contributed by atoms with E-state index in [1.54, 1.807) is 12.1 Å². The molecule has 2 rings (SSSR count). The van der Waals surface area contributed by atoms with Gasteiger partial charge < -0.3 is 10.5 Å². The number of rotatable bonds is 3. The van der Waals surface area contributed by atoms with Crippen LogP contribution in [-0.4, -0.2) is 10.2 Å². The molecule has 6 heteroatoms. The summed E-state index contributed by atoms with van der Waals surface area (Å²) >= 11 is 1.29. The Labute approximate surface area is 102 Å². The van der Waals surface area contributed by atoms with E-state index in [0.717, 1.165) is 5.56 Å². The fraction of sp³-hybridized carbons (Fsp3) is 0.182. The number of hydrogen-bond donors (Lipinski definition) is 1. The van der Waals surface area contributed by atoms with E-state index < -0.39 is 0 Å². The molecule has 86 valence electrons. The minimum absolute atomic E-state index is 0.310. The Morgan fingerprint density at radius 3 is 2.94 bits per heavy atom. The van der Waals surface area contributed by atoms with Gasteiger partial charge in [-0.15, -0.1) is 10.2 Å². The monoisotopic (exact) mass is 246 g/mol. The summed E-state index contributed by atoms with van der Waals surface area (Å²) < 4.78 is 5.58. The standard InChI is InChI=1S/C11H10N4OS/c1-7-2-3-8(5-12)4-9(7)16-6-10-14-15-11(13)17-10/h2-4H,6H2,1H3,(H2,13,15). The lowest BCUT2D eigenvalue weighted by Gasteiger charge is -2.07. The second kappa shape index (κ2) is 4.80. The fourth-order valence-electron chi connectivity index (χ4n) is 1.29. The van der Waals surface area contributed by atoms with Gasteiger partial charge in [-0.25, -0.2) is 0 Å². The fourth-order valence-corrected chi connectivity index (χ4v) is 1.81. The molecule has 5 nitrogen and oxygen atoms in total. The molecule has 0 aliphatic rings. The highest BCUT2D eigenvalue weighted by Crippen LogP contribution is 2.21. The van der Waals surface area contributed by atoms with E-state index in [1.807, 2.05) is 13.0 Å². The third kappa shape index (κ3) is 2.71. The second-order valence-electron chi connectivity index (χ2n) is 3.41. The summed E-state index contributed by atoms with van der Waals surface area (Å²) in [5.41, 5.74) is 7.01. The van der Waals surface area contributed by atoms with Gasteiger partial charge in [0.1, 0.15) is 12.4 Å². The van der Waals surface area contributed by atoms with Crippen LogP contribution in [0, 0.1) is 18.3 Å². The predicted molar refractivity (Wildman–Crippen MR) is 64.5 cm³/mol. The van der Waals surface area contributed by atoms with Crippen molar-refractivity contribution >= 4 is 16.5 Å². The molecule has 0 saturated carbocycles. The van der Waals surface area contributed by atoms with Crippen molar-refractivity contribution in [2.75, 3.05) is 5.73 Å². The lowest BCUT2D eigenvalue weighted by Crippen LogP contribution is -1.97. The minimum atomic E-state index is 0.310. The number of nitrogen functional groups attached to an aromatic ring is 1. The molecule has 0 atom stereocenters. The molecular formula is C11H10N4OS. The summed E-state index contributed by atoms with van der Waals surface area (Å²) in [6, 6.07) is 7.38. The topological polar surface area (TPSA) is 84.8 Å². The third-order valence-electron chi connectivity index (χ3n) is 2.15. The summed E-state index contributed by atoms with van der Waals surface area (Å²) in [6.07, 6.45) is 0. The molecule has 0 spiro atoms. The van der Waals surface area contributed by atoms with Gasteiger partial charge in [0.15, 0.2) is 5.01 Å². The molecule has 0 aliphatic heterocycles. The van der Waals surface area contributed by atoms with E-state index in [1.165, 1.54) is 11.3 Å². The SMILES string of the molecule is Cc1ccc(C#N)cc1OCc1nnc(N)s1. The maximum absolute atomic E-state index is 8.80. The third-order valence-corrected chi connectivity index (χ3v) is 2.88. The first-order chi connectivity index (χ1) is 8.19. The molecule has 1 aromatic heterocycles. The van der Waals surface area contributed by atoms with Crippen molar-refractivity contribution in [1.29, 1.82) is 5.26 Å². The Bertz CT molecular complexity index is 573. The molecular weight excluding hydrogens is 236 g/mol. The first-order valence-corrected chi connectivity index (χ1v) is 5.72. The highest BCUT2D eigenvalue weighted by Gasteiger charge is 2.05. The number of nitriles is 1. The molecule has 0 radical (unpaired) electrons. The van der Waals surface area contributed by atoms with E-state index in [4.69, 9.17) is 15.7 Å². The van der Waals surface area contributed by atoms with Crippen molar-refractivity contribution in [3.63, 3.8) is 0 Å². The van der Waals surface area contributed by atoms with Crippen molar-refractivity contribution in [3.05, 3.63) is 34.3 Å². The number of aryl methyl sites for hydroxylation is 1. The Morgan fingerprint density at radius 1 is 1.47 bits per heavy atom. The highest BCUT2D eigenvalue weighted by molar-refractivity contribution is 7.15. The molecule has 0 aliphatic carbocycles. The van der Waals surface area contributed by atoms with Crippen LogP contribution in [0.25, 0.3) is 0 Å². The maximum Gasteiger partial charge on any atom is 0.203 e. The van der Waals surface area contributed by atoms with Crippen molar-refractivity contribution in [2.24, 2.45) is 0 Å². The zero-order valence-electron chi connectivity index (χ0n) is 9.17. The number of anilines is 1. The number of ether oxygens (including phenoxy) is 1. The van der Waals surface area contributed by atoms with Crippen molar-refractivity contribution in [2.45, 2.75) is 13.5 Å². The quantitative estimate of drug-likeness (QED) is 0.893. The number of aromatic nitrogens is 2. The first-order valence-electron chi connectivity index (χ1n) is 4.90. The van der Waals surface area contributed by atoms with Crippen LogP contribution in [0.5, 0.6) is 5.75 Å². The predicted octanol–water partition coefficient (Wildman–Crippen LogP) is 1.88. The van der Waals surface area contributed by atoms with Crippen LogP contribution in [-0.2, 0) is 6.61 Å². The van der Waals surface area contributed by atoms with Gasteiger partial charge in [-0.05, 0) is 24.6 Å². The molecule has 2 N–H and O–H groups in total. The lowest BCUT2D eigenvalue weighted by atomic mass is 10.1. The molecule has 0 unspecified atom stereocenters. The van der Waals surface area contributed by atoms with Gasteiger partial charge in [0, 0.05) is 0 Å². The van der Waals surface area contributed by atoms with Gasteiger partial charge in [0.2, 0.25) is 5.13 Å². The van der Waals surface area contributed by atoms with E-state index in [2.05, 4.69) is 16.3 Å². The van der Waals surface area contributed by atoms with Crippen LogP contribution < -0.4 is 10.5 Å². The Hall–Kier alpha value is -2.13. The second-order valence-corrected chi connectivity index (χ2v) is 4.51. The van der Waals surface area contributed by atoms with Gasteiger partial charge in [0.25, 0.3) is 0 Å². The summed E-state index contributed by atoms with van der Waals surface area (Å²) in [7, 11) is 0. The number of benzene rings is 1. The van der Waals surface area contributed by atoms with E-state index >= 15 is 0 Å². The zero-order chi connectivity index (χ0) is 12.3. The van der Waals surface area contributed by atoms with Gasteiger partial charge in [-0.3, -0.25) is 0 Å². The summed E-state index contributed by atoms with van der Waals surface area (Å²) in [5.74, 6) is 0.679. The molecule has 0 amide bonds. The normalized spacial score (nSPS) is 9.88.